The number of rotatable bonds is 6. The highest BCUT2D eigenvalue weighted by atomic mass is 32.2. The average molecular weight is 461 g/mol. The van der Waals surface area contributed by atoms with Crippen LogP contribution in [-0.4, -0.2) is 33.0 Å². The molecule has 33 heavy (non-hydrogen) atoms. The van der Waals surface area contributed by atoms with Crippen molar-refractivity contribution in [3.05, 3.63) is 101 Å². The number of fused-ring (bicyclic) bond motifs is 1. The highest BCUT2D eigenvalue weighted by Crippen LogP contribution is 2.26. The lowest BCUT2D eigenvalue weighted by Gasteiger charge is -2.19. The van der Waals surface area contributed by atoms with Gasteiger partial charge in [0.2, 0.25) is 5.78 Å². The number of carbonyl (C=O) groups excluding carboxylic acids is 2. The van der Waals surface area contributed by atoms with E-state index in [-0.39, 0.29) is 27.7 Å². The molecular formula is C24H17N2O6S-. The summed E-state index contributed by atoms with van der Waals surface area (Å²) in [6.07, 6.45) is 1.38. The van der Waals surface area contributed by atoms with Crippen LogP contribution in [0.3, 0.4) is 0 Å². The number of hydrogen-bond donors (Lipinski definition) is 1. The number of carbonyl (C=O) groups is 2. The molecule has 0 fully saturated rings. The highest BCUT2D eigenvalue weighted by molar-refractivity contribution is 7.90. The lowest BCUT2D eigenvalue weighted by atomic mass is 9.92. The minimum atomic E-state index is -4.19. The number of allylic oxidation sites excluding steroid dienone is 2. The molecule has 0 aromatic heterocycles. The minimum absolute atomic E-state index is 0.0742. The van der Waals surface area contributed by atoms with Crippen molar-refractivity contribution in [2.45, 2.75) is 4.90 Å². The van der Waals surface area contributed by atoms with Gasteiger partial charge in [-0.05, 0) is 48.0 Å². The minimum Gasteiger partial charge on any atom is -0.545 e. The monoisotopic (exact) mass is 461 g/mol. The molecule has 0 saturated heterocycles. The summed E-state index contributed by atoms with van der Waals surface area (Å²) in [6, 6.07) is 18.0. The van der Waals surface area contributed by atoms with E-state index in [0.717, 1.165) is 24.3 Å². The van der Waals surface area contributed by atoms with E-state index in [0.29, 0.717) is 22.6 Å². The SMILES string of the molecule is COc1ccc(NC2=CC(=NS(=O)(=O)c3ccc(C(=O)[O-])cc3)c3ccccc3C2=O)cc1. The van der Waals surface area contributed by atoms with E-state index < -0.39 is 16.0 Å². The third-order valence-corrected chi connectivity index (χ3v) is 6.25. The lowest BCUT2D eigenvalue weighted by molar-refractivity contribution is -0.255. The number of carboxylic acids is 1. The molecule has 1 aliphatic rings. The van der Waals surface area contributed by atoms with Gasteiger partial charge in [-0.25, -0.2) is 0 Å². The molecule has 0 aliphatic heterocycles. The van der Waals surface area contributed by atoms with Crippen molar-refractivity contribution in [3.8, 4) is 5.75 Å². The molecule has 4 rings (SSSR count). The normalized spacial score (nSPS) is 14.4. The van der Waals surface area contributed by atoms with Gasteiger partial charge in [-0.2, -0.15) is 12.8 Å². The zero-order chi connectivity index (χ0) is 23.6. The molecule has 0 amide bonds. The number of nitrogens with one attached hydrogen (secondary N) is 1. The van der Waals surface area contributed by atoms with Crippen molar-refractivity contribution in [2.75, 3.05) is 12.4 Å². The summed E-state index contributed by atoms with van der Waals surface area (Å²) in [4.78, 5) is 23.7. The van der Waals surface area contributed by atoms with Crippen molar-refractivity contribution >= 4 is 33.2 Å². The molecule has 3 aromatic carbocycles. The fraction of sp³-hybridized carbons (Fsp3) is 0.0417. The van der Waals surface area contributed by atoms with Crippen molar-refractivity contribution < 1.29 is 27.9 Å². The molecule has 0 atom stereocenters. The molecule has 9 heteroatoms. The van der Waals surface area contributed by atoms with E-state index in [1.165, 1.54) is 6.08 Å². The average Bonchev–Trinajstić information content (AvgIpc) is 2.82. The van der Waals surface area contributed by atoms with Gasteiger partial charge in [-0.1, -0.05) is 36.4 Å². The summed E-state index contributed by atoms with van der Waals surface area (Å²) in [5.41, 5.74) is 1.36. The maximum absolute atomic E-state index is 13.0. The van der Waals surface area contributed by atoms with E-state index in [2.05, 4.69) is 9.71 Å². The number of methoxy groups -OCH3 is 1. The topological polar surface area (TPSA) is 125 Å². The van der Waals surface area contributed by atoms with Crippen molar-refractivity contribution in [1.82, 2.24) is 0 Å². The number of ketones is 1. The van der Waals surface area contributed by atoms with Crippen molar-refractivity contribution in [3.63, 3.8) is 0 Å². The standard InChI is InChI=1S/C24H18N2O6S/c1-32-17-10-8-16(9-11-17)25-22-14-21(19-4-2-3-5-20(19)23(22)27)26-33(30,31)18-12-6-15(7-13-18)24(28)29/h2-14,25H,1H3,(H,28,29)/p-1. The Kier molecular flexibility index (Phi) is 5.80. The molecule has 3 aromatic rings. The largest absolute Gasteiger partial charge is 0.545 e. The van der Waals surface area contributed by atoms with E-state index in [9.17, 15) is 23.1 Å². The number of anilines is 1. The Balaban J connectivity index is 1.76. The second kappa shape index (κ2) is 8.71. The molecular weight excluding hydrogens is 444 g/mol. The van der Waals surface area contributed by atoms with Crippen LogP contribution in [0.1, 0.15) is 26.3 Å². The predicted molar refractivity (Wildman–Crippen MR) is 120 cm³/mol. The zero-order valence-corrected chi connectivity index (χ0v) is 18.1. The Bertz CT molecular complexity index is 1410. The molecule has 1 N–H and O–H groups in total. The summed E-state index contributed by atoms with van der Waals surface area (Å²) in [5, 5.41) is 13.9. The van der Waals surface area contributed by atoms with Gasteiger partial charge in [0.25, 0.3) is 10.0 Å². The van der Waals surface area contributed by atoms with Crippen LogP contribution in [0.25, 0.3) is 0 Å². The fourth-order valence-corrected chi connectivity index (χ4v) is 4.27. The first-order valence-electron chi connectivity index (χ1n) is 9.72. The molecule has 0 saturated carbocycles. The Morgan fingerprint density at radius 2 is 1.58 bits per heavy atom. The summed E-state index contributed by atoms with van der Waals surface area (Å²) in [6.45, 7) is 0. The first-order valence-corrected chi connectivity index (χ1v) is 11.2. The number of hydrogen-bond acceptors (Lipinski definition) is 7. The Morgan fingerprint density at radius 3 is 2.18 bits per heavy atom. The third-order valence-electron chi connectivity index (χ3n) is 4.95. The van der Waals surface area contributed by atoms with Gasteiger partial charge in [0, 0.05) is 16.8 Å². The number of sulfonamides is 1. The van der Waals surface area contributed by atoms with Gasteiger partial charge in [0.15, 0.2) is 0 Å². The van der Waals surface area contributed by atoms with Crippen LogP contribution < -0.4 is 15.2 Å². The second-order valence-corrected chi connectivity index (χ2v) is 8.65. The van der Waals surface area contributed by atoms with Crippen LogP contribution in [0.4, 0.5) is 5.69 Å². The maximum Gasteiger partial charge on any atom is 0.282 e. The van der Waals surface area contributed by atoms with E-state index in [4.69, 9.17) is 4.74 Å². The molecule has 0 heterocycles. The fourth-order valence-electron chi connectivity index (χ4n) is 3.27. The van der Waals surface area contributed by atoms with Crippen LogP contribution >= 0.6 is 0 Å². The zero-order valence-electron chi connectivity index (χ0n) is 17.3. The van der Waals surface area contributed by atoms with E-state index in [1.807, 2.05) is 0 Å². The molecule has 166 valence electrons. The number of nitrogens with zero attached hydrogens (tertiary/aromatic N) is 1. The van der Waals surface area contributed by atoms with Gasteiger partial charge in [-0.3, -0.25) is 4.79 Å². The number of aromatic carboxylic acids is 1. The van der Waals surface area contributed by atoms with Gasteiger partial charge >= 0.3 is 0 Å². The molecule has 8 nitrogen and oxygen atoms in total. The van der Waals surface area contributed by atoms with Crippen molar-refractivity contribution in [2.24, 2.45) is 4.40 Å². The molecule has 0 radical (unpaired) electrons. The lowest BCUT2D eigenvalue weighted by Crippen LogP contribution is -2.23. The second-order valence-electron chi connectivity index (χ2n) is 7.05. The Labute approximate surface area is 189 Å². The number of carboxylic acid groups (broad SMARTS) is 1. The quantitative estimate of drug-likeness (QED) is 0.598. The Hall–Kier alpha value is -4.24. The highest BCUT2D eigenvalue weighted by Gasteiger charge is 2.26. The van der Waals surface area contributed by atoms with Gasteiger partial charge in [0.1, 0.15) is 5.75 Å². The van der Waals surface area contributed by atoms with Crippen LogP contribution in [0, 0.1) is 0 Å². The first-order chi connectivity index (χ1) is 15.8. The molecule has 0 bridgehead atoms. The van der Waals surface area contributed by atoms with Crippen LogP contribution in [0.15, 0.2) is 93.9 Å². The van der Waals surface area contributed by atoms with Gasteiger partial charge in [-0.15, -0.1) is 0 Å². The van der Waals surface area contributed by atoms with Gasteiger partial charge in [0.05, 0.1) is 29.4 Å². The van der Waals surface area contributed by atoms with Crippen LogP contribution in [0.2, 0.25) is 0 Å². The smallest absolute Gasteiger partial charge is 0.282 e. The summed E-state index contributed by atoms with van der Waals surface area (Å²) < 4.78 is 34.9. The van der Waals surface area contributed by atoms with Crippen LogP contribution in [0.5, 0.6) is 5.75 Å². The van der Waals surface area contributed by atoms with Gasteiger partial charge < -0.3 is 20.0 Å². The maximum atomic E-state index is 13.0. The van der Waals surface area contributed by atoms with E-state index >= 15 is 0 Å². The predicted octanol–water partition coefficient (Wildman–Crippen LogP) is 2.43. The summed E-state index contributed by atoms with van der Waals surface area (Å²) in [5.74, 6) is -1.08. The molecule has 0 unspecified atom stereocenters. The Morgan fingerprint density at radius 1 is 0.939 bits per heavy atom. The van der Waals surface area contributed by atoms with E-state index in [1.54, 1.807) is 55.6 Å². The number of ether oxygens (including phenoxy) is 1. The summed E-state index contributed by atoms with van der Waals surface area (Å²) >= 11 is 0. The van der Waals surface area contributed by atoms with Crippen molar-refractivity contribution in [1.29, 1.82) is 0 Å². The summed E-state index contributed by atoms with van der Waals surface area (Å²) in [7, 11) is -2.65. The number of Topliss-reactive ketones (excluding diaryl/α,β-unsaturated/α-hetero) is 1. The third kappa shape index (κ3) is 4.53. The molecule has 1 aliphatic carbocycles. The van der Waals surface area contributed by atoms with Crippen LogP contribution in [-0.2, 0) is 10.0 Å². The number of benzene rings is 3. The molecule has 0 spiro atoms. The first kappa shape index (κ1) is 22.0.